The predicted octanol–water partition coefficient (Wildman–Crippen LogP) is 2.69. The zero-order chi connectivity index (χ0) is 11.3. The van der Waals surface area contributed by atoms with Crippen molar-refractivity contribution in [1.29, 1.82) is 0 Å². The number of nitrogens with one attached hydrogen (secondary N) is 2. The van der Waals surface area contributed by atoms with Crippen LogP contribution >= 0.6 is 12.2 Å². The average Bonchev–Trinajstić information content (AvgIpc) is 2.19. The summed E-state index contributed by atoms with van der Waals surface area (Å²) in [6.07, 6.45) is 5.04. The first kappa shape index (κ1) is 12.8. The Bertz CT molecular complexity index is 206. The summed E-state index contributed by atoms with van der Waals surface area (Å²) in [6.45, 7) is 7.81. The van der Waals surface area contributed by atoms with Crippen LogP contribution in [0.4, 0.5) is 0 Å². The van der Waals surface area contributed by atoms with Crippen LogP contribution in [0.1, 0.15) is 46.5 Å². The second kappa shape index (κ2) is 6.31. The van der Waals surface area contributed by atoms with Gasteiger partial charge in [-0.15, -0.1) is 0 Å². The molecule has 1 rings (SSSR count). The Morgan fingerprint density at radius 3 is 2.67 bits per heavy atom. The van der Waals surface area contributed by atoms with Crippen LogP contribution in [0.3, 0.4) is 0 Å². The summed E-state index contributed by atoms with van der Waals surface area (Å²) in [5.41, 5.74) is 0. The molecule has 0 bridgehead atoms. The third-order valence-electron chi connectivity index (χ3n) is 3.28. The molecule has 2 N–H and O–H groups in total. The van der Waals surface area contributed by atoms with Crippen LogP contribution in [-0.4, -0.2) is 17.7 Å². The van der Waals surface area contributed by atoms with Crippen LogP contribution < -0.4 is 10.6 Å². The molecule has 3 atom stereocenters. The monoisotopic (exact) mass is 228 g/mol. The highest BCUT2D eigenvalue weighted by atomic mass is 32.1. The molecule has 1 aliphatic carbocycles. The summed E-state index contributed by atoms with van der Waals surface area (Å²) < 4.78 is 0. The van der Waals surface area contributed by atoms with Gasteiger partial charge >= 0.3 is 0 Å². The summed E-state index contributed by atoms with van der Waals surface area (Å²) in [5, 5.41) is 7.51. The molecule has 0 aromatic heterocycles. The first-order valence-electron chi connectivity index (χ1n) is 6.17. The standard InChI is InChI=1S/C12H24N2S/c1-4-7-13-12(15)14-11-6-5-9(2)8-10(11)3/h9-11H,4-8H2,1-3H3,(H2,13,14,15). The zero-order valence-electron chi connectivity index (χ0n) is 10.2. The molecule has 3 heteroatoms. The summed E-state index contributed by atoms with van der Waals surface area (Å²) in [4.78, 5) is 0. The van der Waals surface area contributed by atoms with Crippen molar-refractivity contribution in [2.75, 3.05) is 6.54 Å². The van der Waals surface area contributed by atoms with Crippen molar-refractivity contribution in [1.82, 2.24) is 10.6 Å². The van der Waals surface area contributed by atoms with Crippen LogP contribution in [0, 0.1) is 11.8 Å². The van der Waals surface area contributed by atoms with Gasteiger partial charge in [-0.25, -0.2) is 0 Å². The van der Waals surface area contributed by atoms with Gasteiger partial charge in [-0.05, 0) is 49.7 Å². The first-order valence-corrected chi connectivity index (χ1v) is 6.58. The van der Waals surface area contributed by atoms with Crippen molar-refractivity contribution < 1.29 is 0 Å². The van der Waals surface area contributed by atoms with Gasteiger partial charge in [-0.2, -0.15) is 0 Å². The topological polar surface area (TPSA) is 24.1 Å². The maximum atomic E-state index is 5.26. The van der Waals surface area contributed by atoms with Gasteiger partial charge in [0, 0.05) is 12.6 Å². The number of thiocarbonyl (C=S) groups is 1. The summed E-state index contributed by atoms with van der Waals surface area (Å²) in [5.74, 6) is 1.63. The molecular formula is C12H24N2S. The lowest BCUT2D eigenvalue weighted by atomic mass is 9.80. The number of hydrogen-bond donors (Lipinski definition) is 2. The van der Waals surface area contributed by atoms with Crippen molar-refractivity contribution in [2.24, 2.45) is 11.8 Å². The largest absolute Gasteiger partial charge is 0.363 e. The molecule has 1 saturated carbocycles. The minimum absolute atomic E-state index is 0.582. The minimum Gasteiger partial charge on any atom is -0.363 e. The van der Waals surface area contributed by atoms with Gasteiger partial charge < -0.3 is 10.6 Å². The van der Waals surface area contributed by atoms with E-state index in [-0.39, 0.29) is 0 Å². The molecule has 0 aliphatic heterocycles. The molecule has 0 aromatic rings. The molecule has 3 unspecified atom stereocenters. The van der Waals surface area contributed by atoms with Crippen LogP contribution in [-0.2, 0) is 0 Å². The van der Waals surface area contributed by atoms with Crippen LogP contribution in [0.2, 0.25) is 0 Å². The van der Waals surface area contributed by atoms with Gasteiger partial charge in [0.15, 0.2) is 5.11 Å². The molecule has 1 aliphatic rings. The summed E-state index contributed by atoms with van der Waals surface area (Å²) in [7, 11) is 0. The number of hydrogen-bond acceptors (Lipinski definition) is 1. The molecule has 1 fully saturated rings. The fourth-order valence-electron chi connectivity index (χ4n) is 2.34. The SMILES string of the molecule is CCCNC(=S)NC1CCC(C)CC1C. The van der Waals surface area contributed by atoms with E-state index in [9.17, 15) is 0 Å². The van der Waals surface area contributed by atoms with Crippen molar-refractivity contribution in [3.63, 3.8) is 0 Å². The van der Waals surface area contributed by atoms with Crippen LogP contribution in [0.25, 0.3) is 0 Å². The molecular weight excluding hydrogens is 204 g/mol. The third kappa shape index (κ3) is 4.37. The first-order chi connectivity index (χ1) is 7.13. The second-order valence-electron chi connectivity index (χ2n) is 4.90. The Labute approximate surface area is 99.2 Å². The Balaban J connectivity index is 2.28. The maximum Gasteiger partial charge on any atom is 0.166 e. The van der Waals surface area contributed by atoms with E-state index in [1.807, 2.05) is 0 Å². The van der Waals surface area contributed by atoms with E-state index in [1.54, 1.807) is 0 Å². The van der Waals surface area contributed by atoms with Gasteiger partial charge in [0.2, 0.25) is 0 Å². The second-order valence-corrected chi connectivity index (χ2v) is 5.31. The fraction of sp³-hybridized carbons (Fsp3) is 0.917. The zero-order valence-corrected chi connectivity index (χ0v) is 11.0. The molecule has 0 amide bonds. The minimum atomic E-state index is 0.582. The van der Waals surface area contributed by atoms with E-state index in [0.29, 0.717) is 6.04 Å². The van der Waals surface area contributed by atoms with Crippen molar-refractivity contribution in [3.05, 3.63) is 0 Å². The lowest BCUT2D eigenvalue weighted by Gasteiger charge is -2.33. The quantitative estimate of drug-likeness (QED) is 0.726. The molecule has 0 aromatic carbocycles. The van der Waals surface area contributed by atoms with Crippen molar-refractivity contribution in [2.45, 2.75) is 52.5 Å². The van der Waals surface area contributed by atoms with E-state index in [4.69, 9.17) is 12.2 Å². The van der Waals surface area contributed by atoms with Gasteiger partial charge in [-0.1, -0.05) is 20.8 Å². The van der Waals surface area contributed by atoms with E-state index < -0.39 is 0 Å². The number of rotatable bonds is 3. The molecule has 0 saturated heterocycles. The molecule has 0 radical (unpaired) electrons. The normalized spacial score (nSPS) is 31.0. The molecule has 88 valence electrons. The lowest BCUT2D eigenvalue weighted by molar-refractivity contribution is 0.247. The highest BCUT2D eigenvalue weighted by Crippen LogP contribution is 2.28. The van der Waals surface area contributed by atoms with Crippen LogP contribution in [0.5, 0.6) is 0 Å². The highest BCUT2D eigenvalue weighted by Gasteiger charge is 2.25. The van der Waals surface area contributed by atoms with E-state index in [0.717, 1.165) is 29.9 Å². The third-order valence-corrected chi connectivity index (χ3v) is 3.55. The maximum absolute atomic E-state index is 5.26. The van der Waals surface area contributed by atoms with E-state index >= 15 is 0 Å². The smallest absolute Gasteiger partial charge is 0.166 e. The molecule has 0 spiro atoms. The Morgan fingerprint density at radius 1 is 1.33 bits per heavy atom. The molecule has 0 heterocycles. The average molecular weight is 228 g/mol. The Hall–Kier alpha value is -0.310. The van der Waals surface area contributed by atoms with E-state index in [1.165, 1.54) is 19.3 Å². The Morgan fingerprint density at radius 2 is 2.07 bits per heavy atom. The molecule has 15 heavy (non-hydrogen) atoms. The van der Waals surface area contributed by atoms with Crippen molar-refractivity contribution >= 4 is 17.3 Å². The van der Waals surface area contributed by atoms with E-state index in [2.05, 4.69) is 31.4 Å². The molecule has 2 nitrogen and oxygen atoms in total. The van der Waals surface area contributed by atoms with Crippen molar-refractivity contribution in [3.8, 4) is 0 Å². The lowest BCUT2D eigenvalue weighted by Crippen LogP contribution is -2.46. The fourth-order valence-corrected chi connectivity index (χ4v) is 2.59. The summed E-state index contributed by atoms with van der Waals surface area (Å²) >= 11 is 5.26. The highest BCUT2D eigenvalue weighted by molar-refractivity contribution is 7.80. The van der Waals surface area contributed by atoms with Gasteiger partial charge in [0.25, 0.3) is 0 Å². The predicted molar refractivity (Wildman–Crippen MR) is 70.0 cm³/mol. The van der Waals surface area contributed by atoms with Gasteiger partial charge in [0.1, 0.15) is 0 Å². The van der Waals surface area contributed by atoms with Crippen LogP contribution in [0.15, 0.2) is 0 Å². The van der Waals surface area contributed by atoms with Gasteiger partial charge in [0.05, 0.1) is 0 Å². The van der Waals surface area contributed by atoms with Gasteiger partial charge in [-0.3, -0.25) is 0 Å². The summed E-state index contributed by atoms with van der Waals surface area (Å²) in [6, 6.07) is 0.582. The Kier molecular flexibility index (Phi) is 5.37.